The van der Waals surface area contributed by atoms with E-state index in [2.05, 4.69) is 18.8 Å². The van der Waals surface area contributed by atoms with E-state index < -0.39 is 0 Å². The Kier molecular flexibility index (Phi) is 3.41. The molecule has 66 valence electrons. The molecule has 0 atom stereocenters. The minimum absolute atomic E-state index is 0.647. The van der Waals surface area contributed by atoms with Crippen LogP contribution >= 0.6 is 11.8 Å². The van der Waals surface area contributed by atoms with Crippen LogP contribution in [0.3, 0.4) is 0 Å². The fourth-order valence-corrected chi connectivity index (χ4v) is 1.49. The normalized spacial score (nSPS) is 10.6. The molecular weight excluding hydrogens is 168 g/mol. The summed E-state index contributed by atoms with van der Waals surface area (Å²) < 4.78 is 0. The van der Waals surface area contributed by atoms with Crippen molar-refractivity contribution in [1.82, 2.24) is 4.98 Å². The summed E-state index contributed by atoms with van der Waals surface area (Å²) in [5.41, 5.74) is 7.48. The summed E-state index contributed by atoms with van der Waals surface area (Å²) in [5.74, 6) is 0.947. The van der Waals surface area contributed by atoms with Gasteiger partial charge < -0.3 is 5.73 Å². The first-order chi connectivity index (χ1) is 5.68. The van der Waals surface area contributed by atoms with Gasteiger partial charge in [0.25, 0.3) is 0 Å². The Morgan fingerprint density at radius 3 is 2.92 bits per heavy atom. The van der Waals surface area contributed by atoms with Crippen molar-refractivity contribution in [3.63, 3.8) is 0 Å². The van der Waals surface area contributed by atoms with Gasteiger partial charge in [0, 0.05) is 17.6 Å². The largest absolute Gasteiger partial charge is 0.399 e. The molecule has 1 heterocycles. The molecule has 3 heteroatoms. The lowest BCUT2D eigenvalue weighted by molar-refractivity contribution is 1.09. The zero-order valence-corrected chi connectivity index (χ0v) is 8.27. The Balaban J connectivity index is 2.52. The van der Waals surface area contributed by atoms with E-state index >= 15 is 0 Å². The summed E-state index contributed by atoms with van der Waals surface area (Å²) >= 11 is 1.87. The van der Waals surface area contributed by atoms with Crippen molar-refractivity contribution in [3.8, 4) is 0 Å². The molecule has 0 bridgehead atoms. The van der Waals surface area contributed by atoms with Crippen molar-refractivity contribution in [1.29, 1.82) is 0 Å². The van der Waals surface area contributed by atoms with E-state index in [4.69, 9.17) is 5.73 Å². The monoisotopic (exact) mass is 182 g/mol. The van der Waals surface area contributed by atoms with Crippen LogP contribution in [-0.4, -0.2) is 10.2 Å². The molecule has 12 heavy (non-hydrogen) atoms. The molecule has 0 unspecified atom stereocenters. The Labute approximate surface area is 77.6 Å². The van der Waals surface area contributed by atoms with Gasteiger partial charge in [-0.3, -0.25) is 4.98 Å². The van der Waals surface area contributed by atoms with Gasteiger partial charge in [-0.05, 0) is 17.4 Å². The lowest BCUT2D eigenvalue weighted by Gasteiger charge is -2.03. The molecule has 0 amide bonds. The number of nitrogens with two attached hydrogens (primary N) is 1. The third-order valence-corrected chi connectivity index (χ3v) is 2.53. The third kappa shape index (κ3) is 3.13. The average molecular weight is 182 g/mol. The number of nitrogens with zero attached hydrogens (tertiary/aromatic N) is 1. The van der Waals surface area contributed by atoms with Crippen LogP contribution in [-0.2, 0) is 5.75 Å². The first kappa shape index (κ1) is 9.39. The second kappa shape index (κ2) is 4.36. The number of anilines is 1. The summed E-state index contributed by atoms with van der Waals surface area (Å²) in [6.45, 7) is 4.36. The van der Waals surface area contributed by atoms with Crippen molar-refractivity contribution >= 4 is 17.4 Å². The van der Waals surface area contributed by atoms with Crippen LogP contribution < -0.4 is 5.73 Å². The highest BCUT2D eigenvalue weighted by molar-refractivity contribution is 7.99. The number of rotatable bonds is 3. The van der Waals surface area contributed by atoms with Gasteiger partial charge in [-0.2, -0.15) is 11.8 Å². The number of nitrogen functional groups attached to an aromatic ring is 1. The molecule has 0 aliphatic heterocycles. The smallest absolute Gasteiger partial charge is 0.0523 e. The van der Waals surface area contributed by atoms with E-state index in [1.165, 1.54) is 0 Å². The fraction of sp³-hybridized carbons (Fsp3) is 0.444. The highest BCUT2D eigenvalue weighted by Gasteiger charge is 1.97. The van der Waals surface area contributed by atoms with Crippen LogP contribution in [0.1, 0.15) is 19.5 Å². The molecule has 2 nitrogen and oxygen atoms in total. The number of hydrogen-bond acceptors (Lipinski definition) is 3. The van der Waals surface area contributed by atoms with Gasteiger partial charge in [0.1, 0.15) is 0 Å². The van der Waals surface area contributed by atoms with Crippen LogP contribution in [0.2, 0.25) is 0 Å². The quantitative estimate of drug-likeness (QED) is 0.779. The fourth-order valence-electron chi connectivity index (χ4n) is 0.828. The molecule has 0 saturated carbocycles. The van der Waals surface area contributed by atoms with Crippen LogP contribution in [0.25, 0.3) is 0 Å². The van der Waals surface area contributed by atoms with Gasteiger partial charge in [-0.25, -0.2) is 0 Å². The zero-order valence-electron chi connectivity index (χ0n) is 7.45. The Hall–Kier alpha value is -0.700. The van der Waals surface area contributed by atoms with Gasteiger partial charge >= 0.3 is 0 Å². The molecule has 1 aromatic rings. The van der Waals surface area contributed by atoms with Crippen molar-refractivity contribution in [2.45, 2.75) is 24.9 Å². The summed E-state index contributed by atoms with van der Waals surface area (Å²) in [7, 11) is 0. The standard InChI is InChI=1S/C9H14N2S/c1-7(2)12-6-9-5-8(10)3-4-11-9/h3-5,7H,6H2,1-2H3,(H2,10,11). The Bertz CT molecular complexity index is 248. The molecular formula is C9H14N2S. The number of hydrogen-bond donors (Lipinski definition) is 1. The van der Waals surface area contributed by atoms with Crippen LogP contribution in [0.4, 0.5) is 5.69 Å². The molecule has 0 fully saturated rings. The lowest BCUT2D eigenvalue weighted by Crippen LogP contribution is -1.93. The van der Waals surface area contributed by atoms with Crippen LogP contribution in [0.15, 0.2) is 18.3 Å². The summed E-state index contributed by atoms with van der Waals surface area (Å²) in [5, 5.41) is 0.647. The first-order valence-corrected chi connectivity index (χ1v) is 5.05. The molecule has 1 rings (SSSR count). The van der Waals surface area contributed by atoms with E-state index in [9.17, 15) is 0 Å². The summed E-state index contributed by atoms with van der Waals surface area (Å²) in [6, 6.07) is 3.74. The maximum absolute atomic E-state index is 5.62. The average Bonchev–Trinajstić information content (AvgIpc) is 2.01. The molecule has 0 aliphatic carbocycles. The maximum atomic E-state index is 5.62. The van der Waals surface area contributed by atoms with E-state index in [-0.39, 0.29) is 0 Å². The van der Waals surface area contributed by atoms with E-state index in [0.29, 0.717) is 5.25 Å². The highest BCUT2D eigenvalue weighted by atomic mass is 32.2. The van der Waals surface area contributed by atoms with Crippen LogP contribution in [0.5, 0.6) is 0 Å². The Morgan fingerprint density at radius 2 is 2.33 bits per heavy atom. The molecule has 0 aliphatic rings. The van der Waals surface area contributed by atoms with E-state index in [0.717, 1.165) is 17.1 Å². The highest BCUT2D eigenvalue weighted by Crippen LogP contribution is 2.16. The zero-order chi connectivity index (χ0) is 8.97. The summed E-state index contributed by atoms with van der Waals surface area (Å²) in [4.78, 5) is 4.21. The van der Waals surface area contributed by atoms with Gasteiger partial charge in [-0.1, -0.05) is 13.8 Å². The van der Waals surface area contributed by atoms with Gasteiger partial charge in [-0.15, -0.1) is 0 Å². The van der Waals surface area contributed by atoms with E-state index in [1.807, 2.05) is 23.9 Å². The van der Waals surface area contributed by atoms with Crippen LogP contribution in [0, 0.1) is 0 Å². The second-order valence-electron chi connectivity index (χ2n) is 2.94. The SMILES string of the molecule is CC(C)SCc1cc(N)ccn1. The van der Waals surface area contributed by atoms with Crippen molar-refractivity contribution in [3.05, 3.63) is 24.0 Å². The van der Waals surface area contributed by atoms with Gasteiger partial charge in [0.2, 0.25) is 0 Å². The van der Waals surface area contributed by atoms with Gasteiger partial charge in [0.05, 0.1) is 5.69 Å². The minimum atomic E-state index is 0.647. The second-order valence-corrected chi connectivity index (χ2v) is 4.51. The lowest BCUT2D eigenvalue weighted by atomic mass is 10.3. The molecule has 0 radical (unpaired) electrons. The number of thioether (sulfide) groups is 1. The first-order valence-electron chi connectivity index (χ1n) is 4.00. The van der Waals surface area contributed by atoms with Crippen molar-refractivity contribution in [2.75, 3.05) is 5.73 Å². The maximum Gasteiger partial charge on any atom is 0.0523 e. The predicted molar refractivity (Wildman–Crippen MR) is 55.1 cm³/mol. The Morgan fingerprint density at radius 1 is 1.58 bits per heavy atom. The third-order valence-electron chi connectivity index (χ3n) is 1.41. The predicted octanol–water partition coefficient (Wildman–Crippen LogP) is 2.31. The van der Waals surface area contributed by atoms with Gasteiger partial charge in [0.15, 0.2) is 0 Å². The molecule has 0 saturated heterocycles. The topological polar surface area (TPSA) is 38.9 Å². The number of pyridine rings is 1. The number of aromatic nitrogens is 1. The van der Waals surface area contributed by atoms with Crippen molar-refractivity contribution < 1.29 is 0 Å². The molecule has 2 N–H and O–H groups in total. The summed E-state index contributed by atoms with van der Waals surface area (Å²) in [6.07, 6.45) is 1.76. The molecule has 0 spiro atoms. The molecule has 1 aromatic heterocycles. The minimum Gasteiger partial charge on any atom is -0.399 e. The van der Waals surface area contributed by atoms with Crippen molar-refractivity contribution in [2.24, 2.45) is 0 Å². The van der Waals surface area contributed by atoms with E-state index in [1.54, 1.807) is 6.20 Å². The molecule has 0 aromatic carbocycles.